The lowest BCUT2D eigenvalue weighted by atomic mass is 9.96. The van der Waals surface area contributed by atoms with E-state index < -0.39 is 29.6 Å². The number of hydrogen-bond donors (Lipinski definition) is 0. The van der Waals surface area contributed by atoms with Gasteiger partial charge < -0.3 is 9.47 Å². The molecular formula is C32H36F4O2. The van der Waals surface area contributed by atoms with Crippen LogP contribution in [0.5, 0.6) is 0 Å². The standard InChI is InChI=1S/C32H36F4O2/c1-3-5-6-7-8-10-24-15-16-25(29(34)28(24)33)22-11-13-23(14-12-22)26-17-18-27(31(36)30(26)35)32-37-19-21(9-4-2)20-38-32/h11-18,21,32H,3-10,19-20H2,1-2H3. The van der Waals surface area contributed by atoms with Crippen molar-refractivity contribution in [3.8, 4) is 22.3 Å². The fourth-order valence-electron chi connectivity index (χ4n) is 5.02. The molecule has 0 atom stereocenters. The summed E-state index contributed by atoms with van der Waals surface area (Å²) >= 11 is 0. The van der Waals surface area contributed by atoms with Gasteiger partial charge >= 0.3 is 0 Å². The Morgan fingerprint density at radius 2 is 1.21 bits per heavy atom. The quantitative estimate of drug-likeness (QED) is 0.182. The van der Waals surface area contributed by atoms with E-state index in [-0.39, 0.29) is 22.6 Å². The number of benzene rings is 3. The van der Waals surface area contributed by atoms with Crippen molar-refractivity contribution in [1.82, 2.24) is 0 Å². The summed E-state index contributed by atoms with van der Waals surface area (Å²) in [6, 6.07) is 12.5. The fraction of sp³-hybridized carbons (Fsp3) is 0.438. The molecule has 1 aliphatic heterocycles. The second-order valence-electron chi connectivity index (χ2n) is 10.1. The Morgan fingerprint density at radius 3 is 1.82 bits per heavy atom. The molecule has 1 fully saturated rings. The molecule has 0 aromatic heterocycles. The summed E-state index contributed by atoms with van der Waals surface area (Å²) in [5.74, 6) is -3.47. The molecule has 4 rings (SSSR count). The third kappa shape index (κ3) is 6.47. The van der Waals surface area contributed by atoms with E-state index in [0.29, 0.717) is 36.3 Å². The van der Waals surface area contributed by atoms with Crippen molar-refractivity contribution in [1.29, 1.82) is 0 Å². The molecule has 1 heterocycles. The maximum absolute atomic E-state index is 15.1. The van der Waals surface area contributed by atoms with Crippen molar-refractivity contribution in [3.05, 3.63) is 82.9 Å². The minimum absolute atomic E-state index is 0.0285. The molecule has 0 spiro atoms. The fourth-order valence-corrected chi connectivity index (χ4v) is 5.02. The van der Waals surface area contributed by atoms with Gasteiger partial charge in [0, 0.05) is 22.6 Å². The first-order valence-electron chi connectivity index (χ1n) is 13.7. The molecule has 0 bridgehead atoms. The highest BCUT2D eigenvalue weighted by Crippen LogP contribution is 2.35. The van der Waals surface area contributed by atoms with E-state index in [1.807, 2.05) is 0 Å². The molecule has 0 amide bonds. The monoisotopic (exact) mass is 528 g/mol. The maximum Gasteiger partial charge on any atom is 0.186 e. The van der Waals surface area contributed by atoms with Crippen molar-refractivity contribution in [2.24, 2.45) is 5.92 Å². The smallest absolute Gasteiger partial charge is 0.186 e. The molecule has 6 heteroatoms. The van der Waals surface area contributed by atoms with E-state index >= 15 is 4.39 Å². The molecule has 0 radical (unpaired) electrons. The first-order valence-corrected chi connectivity index (χ1v) is 13.7. The number of rotatable bonds is 11. The van der Waals surface area contributed by atoms with Gasteiger partial charge in [0.05, 0.1) is 13.2 Å². The van der Waals surface area contributed by atoms with Crippen LogP contribution in [0.4, 0.5) is 17.6 Å². The van der Waals surface area contributed by atoms with E-state index in [1.54, 1.807) is 36.4 Å². The maximum atomic E-state index is 15.1. The molecule has 2 nitrogen and oxygen atoms in total. The minimum Gasteiger partial charge on any atom is -0.348 e. The van der Waals surface area contributed by atoms with Crippen LogP contribution < -0.4 is 0 Å². The van der Waals surface area contributed by atoms with E-state index in [2.05, 4.69) is 13.8 Å². The van der Waals surface area contributed by atoms with Crippen LogP contribution in [-0.2, 0) is 15.9 Å². The molecular weight excluding hydrogens is 492 g/mol. The van der Waals surface area contributed by atoms with Gasteiger partial charge in [-0.25, -0.2) is 17.6 Å². The zero-order valence-electron chi connectivity index (χ0n) is 22.2. The van der Waals surface area contributed by atoms with Crippen molar-refractivity contribution < 1.29 is 27.0 Å². The lowest BCUT2D eigenvalue weighted by Gasteiger charge is -2.29. The third-order valence-corrected chi connectivity index (χ3v) is 7.25. The van der Waals surface area contributed by atoms with Crippen LogP contribution in [0.25, 0.3) is 22.3 Å². The summed E-state index contributed by atoms with van der Waals surface area (Å²) in [5, 5.41) is 0. The summed E-state index contributed by atoms with van der Waals surface area (Å²) in [6.45, 7) is 5.10. The number of aryl methyl sites for hydroxylation is 1. The van der Waals surface area contributed by atoms with Crippen LogP contribution >= 0.6 is 0 Å². The Kier molecular flexibility index (Phi) is 9.97. The van der Waals surface area contributed by atoms with Crippen LogP contribution in [0.2, 0.25) is 0 Å². The predicted molar refractivity (Wildman–Crippen MR) is 143 cm³/mol. The highest BCUT2D eigenvalue weighted by atomic mass is 19.2. The van der Waals surface area contributed by atoms with E-state index in [4.69, 9.17) is 9.47 Å². The van der Waals surface area contributed by atoms with Crippen molar-refractivity contribution in [2.75, 3.05) is 13.2 Å². The van der Waals surface area contributed by atoms with Gasteiger partial charge in [-0.2, -0.15) is 0 Å². The first kappa shape index (κ1) is 28.3. The summed E-state index contributed by atoms with van der Waals surface area (Å²) in [4.78, 5) is 0. The van der Waals surface area contributed by atoms with Gasteiger partial charge in [0.25, 0.3) is 0 Å². The Morgan fingerprint density at radius 1 is 0.632 bits per heavy atom. The molecule has 3 aromatic carbocycles. The largest absolute Gasteiger partial charge is 0.348 e. The second-order valence-corrected chi connectivity index (χ2v) is 10.1. The summed E-state index contributed by atoms with van der Waals surface area (Å²) in [6.07, 6.45) is 6.72. The molecule has 1 aliphatic rings. The first-order chi connectivity index (χ1) is 18.4. The van der Waals surface area contributed by atoms with Gasteiger partial charge in [0.15, 0.2) is 29.6 Å². The topological polar surface area (TPSA) is 18.5 Å². The lowest BCUT2D eigenvalue weighted by molar-refractivity contribution is -0.207. The Bertz CT molecular complexity index is 1200. The normalized spacial score (nSPS) is 17.6. The van der Waals surface area contributed by atoms with Crippen LogP contribution in [0.3, 0.4) is 0 Å². The highest BCUT2D eigenvalue weighted by molar-refractivity contribution is 5.71. The van der Waals surface area contributed by atoms with Crippen LogP contribution in [-0.4, -0.2) is 13.2 Å². The second kappa shape index (κ2) is 13.4. The predicted octanol–water partition coefficient (Wildman–Crippen LogP) is 9.55. The molecule has 0 aliphatic carbocycles. The molecule has 0 N–H and O–H groups in total. The van der Waals surface area contributed by atoms with Gasteiger partial charge in [0.2, 0.25) is 0 Å². The van der Waals surface area contributed by atoms with Crippen molar-refractivity contribution in [2.45, 2.75) is 71.5 Å². The van der Waals surface area contributed by atoms with Crippen molar-refractivity contribution >= 4 is 0 Å². The van der Waals surface area contributed by atoms with Gasteiger partial charge in [-0.05, 0) is 36.0 Å². The van der Waals surface area contributed by atoms with Gasteiger partial charge in [-0.15, -0.1) is 0 Å². The number of hydrogen-bond acceptors (Lipinski definition) is 2. The number of ether oxygens (including phenoxy) is 2. The van der Waals surface area contributed by atoms with Crippen LogP contribution in [0, 0.1) is 29.2 Å². The highest BCUT2D eigenvalue weighted by Gasteiger charge is 2.27. The number of halogens is 4. The molecule has 0 saturated carbocycles. The zero-order valence-corrected chi connectivity index (χ0v) is 22.2. The van der Waals surface area contributed by atoms with Crippen LogP contribution in [0.15, 0.2) is 48.5 Å². The van der Waals surface area contributed by atoms with Gasteiger partial charge in [-0.1, -0.05) is 94.5 Å². The Balaban J connectivity index is 1.47. The average Bonchev–Trinajstić information content (AvgIpc) is 2.93. The minimum atomic E-state index is -1.01. The lowest BCUT2D eigenvalue weighted by Crippen LogP contribution is -2.27. The van der Waals surface area contributed by atoms with Gasteiger partial charge in [-0.3, -0.25) is 0 Å². The summed E-state index contributed by atoms with van der Waals surface area (Å²) in [7, 11) is 0. The summed E-state index contributed by atoms with van der Waals surface area (Å²) < 4.78 is 71.0. The molecule has 204 valence electrons. The van der Waals surface area contributed by atoms with E-state index in [0.717, 1.165) is 44.9 Å². The third-order valence-electron chi connectivity index (χ3n) is 7.25. The SMILES string of the molecule is CCCCCCCc1ccc(-c2ccc(-c3ccc(C4OCC(CCC)CO4)c(F)c3F)cc2)c(F)c1F. The average molecular weight is 529 g/mol. The number of unbranched alkanes of at least 4 members (excludes halogenated alkanes) is 4. The van der Waals surface area contributed by atoms with E-state index in [9.17, 15) is 13.2 Å². The molecule has 0 unspecified atom stereocenters. The van der Waals surface area contributed by atoms with Gasteiger partial charge in [0.1, 0.15) is 0 Å². The van der Waals surface area contributed by atoms with E-state index in [1.165, 1.54) is 12.1 Å². The summed E-state index contributed by atoms with van der Waals surface area (Å²) in [5.41, 5.74) is 1.50. The molecule has 38 heavy (non-hydrogen) atoms. The van der Waals surface area contributed by atoms with Crippen molar-refractivity contribution in [3.63, 3.8) is 0 Å². The zero-order chi connectivity index (χ0) is 27.1. The Labute approximate surface area is 223 Å². The Hall–Kier alpha value is -2.70. The molecule has 1 saturated heterocycles. The van der Waals surface area contributed by atoms with Crippen LogP contribution in [0.1, 0.15) is 76.2 Å². The molecule has 3 aromatic rings.